The number of benzene rings is 2. The second-order valence-electron chi connectivity index (χ2n) is 6.61. The van der Waals surface area contributed by atoms with Gasteiger partial charge in [0.2, 0.25) is 0 Å². The maximum atomic E-state index is 12.6. The van der Waals surface area contributed by atoms with Crippen molar-refractivity contribution in [1.82, 2.24) is 4.98 Å². The van der Waals surface area contributed by atoms with Crippen LogP contribution in [0.15, 0.2) is 40.7 Å². The topological polar surface area (TPSA) is 122 Å². The van der Waals surface area contributed by atoms with Crippen molar-refractivity contribution in [2.45, 2.75) is 18.2 Å². The summed E-state index contributed by atoms with van der Waals surface area (Å²) >= 11 is 3.20. The first-order valence-electron chi connectivity index (χ1n) is 8.61. The SMILES string of the molecule is CC(C)CSc1nc2ccc(NC(=O)c3ccc([N+](=O)[O-])cc3C(=O)O)cc2s1. The van der Waals surface area contributed by atoms with Gasteiger partial charge in [-0.05, 0) is 30.2 Å². The lowest BCUT2D eigenvalue weighted by Crippen LogP contribution is -2.16. The zero-order chi connectivity index (χ0) is 21.1. The zero-order valence-electron chi connectivity index (χ0n) is 15.5. The van der Waals surface area contributed by atoms with Crippen molar-refractivity contribution in [3.63, 3.8) is 0 Å². The average molecular weight is 431 g/mol. The third-order valence-electron chi connectivity index (χ3n) is 3.86. The number of non-ortho nitro benzene ring substituents is 1. The minimum absolute atomic E-state index is 0.152. The van der Waals surface area contributed by atoms with Crippen LogP contribution in [-0.2, 0) is 0 Å². The van der Waals surface area contributed by atoms with E-state index in [9.17, 15) is 24.8 Å². The summed E-state index contributed by atoms with van der Waals surface area (Å²) < 4.78 is 1.84. The Bertz CT molecular complexity index is 1110. The Labute approximate surface area is 174 Å². The van der Waals surface area contributed by atoms with Gasteiger partial charge in [-0.1, -0.05) is 25.6 Å². The number of carboxylic acid groups (broad SMARTS) is 1. The monoisotopic (exact) mass is 431 g/mol. The number of nitro benzene ring substituents is 1. The standard InChI is InChI=1S/C19H17N3O5S2/c1-10(2)9-28-19-21-15-6-3-11(7-16(15)29-19)20-17(23)13-5-4-12(22(26)27)8-14(13)18(24)25/h3-8,10H,9H2,1-2H3,(H,20,23)(H,24,25). The number of carboxylic acids is 1. The van der Waals surface area contributed by atoms with Crippen molar-refractivity contribution in [1.29, 1.82) is 0 Å². The van der Waals surface area contributed by atoms with E-state index in [1.807, 2.05) is 0 Å². The van der Waals surface area contributed by atoms with E-state index in [2.05, 4.69) is 24.1 Å². The van der Waals surface area contributed by atoms with Crippen LogP contribution >= 0.6 is 23.1 Å². The number of amides is 1. The number of fused-ring (bicyclic) bond motifs is 1. The van der Waals surface area contributed by atoms with Crippen LogP contribution in [0.25, 0.3) is 10.2 Å². The van der Waals surface area contributed by atoms with Crippen molar-refractivity contribution in [3.8, 4) is 0 Å². The number of hydrogen-bond acceptors (Lipinski definition) is 7. The van der Waals surface area contributed by atoms with Gasteiger partial charge in [-0.25, -0.2) is 9.78 Å². The molecule has 0 aliphatic carbocycles. The van der Waals surface area contributed by atoms with Gasteiger partial charge in [-0.3, -0.25) is 14.9 Å². The van der Waals surface area contributed by atoms with Crippen molar-refractivity contribution in [2.24, 2.45) is 5.92 Å². The number of thioether (sulfide) groups is 1. The number of aromatic carboxylic acids is 1. The normalized spacial score (nSPS) is 11.0. The summed E-state index contributed by atoms with van der Waals surface area (Å²) in [6.45, 7) is 4.27. The maximum absolute atomic E-state index is 12.6. The highest BCUT2D eigenvalue weighted by molar-refractivity contribution is 8.01. The molecular weight excluding hydrogens is 414 g/mol. The highest BCUT2D eigenvalue weighted by atomic mass is 32.2. The smallest absolute Gasteiger partial charge is 0.336 e. The molecule has 8 nitrogen and oxygen atoms in total. The van der Waals surface area contributed by atoms with Crippen LogP contribution in [0.4, 0.5) is 11.4 Å². The van der Waals surface area contributed by atoms with Crippen LogP contribution in [0.5, 0.6) is 0 Å². The highest BCUT2D eigenvalue weighted by Gasteiger charge is 2.21. The molecule has 10 heteroatoms. The Kier molecular flexibility index (Phi) is 6.14. The number of anilines is 1. The van der Waals surface area contributed by atoms with Gasteiger partial charge in [0.05, 0.1) is 26.3 Å². The fourth-order valence-corrected chi connectivity index (χ4v) is 4.58. The number of carbonyl (C=O) groups excluding carboxylic acids is 1. The first-order valence-corrected chi connectivity index (χ1v) is 10.4. The van der Waals surface area contributed by atoms with E-state index in [4.69, 9.17) is 0 Å². The number of nitrogens with zero attached hydrogens (tertiary/aromatic N) is 2. The Morgan fingerprint density at radius 1 is 1.24 bits per heavy atom. The number of hydrogen-bond donors (Lipinski definition) is 2. The third kappa shape index (κ3) is 4.90. The van der Waals surface area contributed by atoms with Gasteiger partial charge in [0.25, 0.3) is 11.6 Å². The number of thiazole rings is 1. The molecule has 1 aromatic heterocycles. The van der Waals surface area contributed by atoms with Gasteiger partial charge >= 0.3 is 5.97 Å². The molecule has 3 aromatic rings. The van der Waals surface area contributed by atoms with Gasteiger partial charge in [-0.15, -0.1) is 11.3 Å². The molecule has 3 rings (SSSR count). The second kappa shape index (κ2) is 8.58. The molecule has 2 N–H and O–H groups in total. The first-order chi connectivity index (χ1) is 13.7. The lowest BCUT2D eigenvalue weighted by molar-refractivity contribution is -0.384. The Hall–Kier alpha value is -2.98. The maximum Gasteiger partial charge on any atom is 0.336 e. The molecule has 0 aliphatic heterocycles. The van der Waals surface area contributed by atoms with Crippen molar-refractivity contribution >= 4 is 56.6 Å². The average Bonchev–Trinajstić information content (AvgIpc) is 3.08. The van der Waals surface area contributed by atoms with Gasteiger partial charge in [0.1, 0.15) is 0 Å². The van der Waals surface area contributed by atoms with Crippen molar-refractivity contribution in [3.05, 3.63) is 57.6 Å². The molecule has 1 heterocycles. The van der Waals surface area contributed by atoms with E-state index in [1.54, 1.807) is 30.0 Å². The van der Waals surface area contributed by atoms with E-state index >= 15 is 0 Å². The van der Waals surface area contributed by atoms with Crippen molar-refractivity contribution in [2.75, 3.05) is 11.1 Å². The molecule has 1 amide bonds. The fraction of sp³-hybridized carbons (Fsp3) is 0.211. The molecule has 0 radical (unpaired) electrons. The van der Waals surface area contributed by atoms with E-state index in [0.29, 0.717) is 11.6 Å². The molecule has 2 aromatic carbocycles. The van der Waals surface area contributed by atoms with Crippen LogP contribution in [0, 0.1) is 16.0 Å². The number of nitro groups is 1. The lowest BCUT2D eigenvalue weighted by atomic mass is 10.1. The Morgan fingerprint density at radius 3 is 2.66 bits per heavy atom. The summed E-state index contributed by atoms with van der Waals surface area (Å²) in [5.74, 6) is -0.562. The van der Waals surface area contributed by atoms with Gasteiger partial charge in [0.15, 0.2) is 4.34 Å². The number of aromatic nitrogens is 1. The van der Waals surface area contributed by atoms with E-state index in [0.717, 1.165) is 38.5 Å². The quantitative estimate of drug-likeness (QED) is 0.310. The fourth-order valence-electron chi connectivity index (χ4n) is 2.50. The summed E-state index contributed by atoms with van der Waals surface area (Å²) in [7, 11) is 0. The third-order valence-corrected chi connectivity index (χ3v) is 6.44. The molecule has 0 saturated heterocycles. The van der Waals surface area contributed by atoms with E-state index < -0.39 is 28.1 Å². The molecule has 0 bridgehead atoms. The number of rotatable bonds is 7. The van der Waals surface area contributed by atoms with Crippen LogP contribution in [0.1, 0.15) is 34.6 Å². The van der Waals surface area contributed by atoms with Crippen LogP contribution in [0.3, 0.4) is 0 Å². The second-order valence-corrected chi connectivity index (χ2v) is 8.91. The molecular formula is C19H17N3O5S2. The molecule has 0 saturated carbocycles. The highest BCUT2D eigenvalue weighted by Crippen LogP contribution is 2.32. The molecule has 0 fully saturated rings. The molecule has 0 spiro atoms. The molecule has 29 heavy (non-hydrogen) atoms. The van der Waals surface area contributed by atoms with Gasteiger partial charge in [0, 0.05) is 23.6 Å². The summed E-state index contributed by atoms with van der Waals surface area (Å²) in [4.78, 5) is 38.7. The summed E-state index contributed by atoms with van der Waals surface area (Å²) in [6, 6.07) is 8.37. The first kappa shape index (κ1) is 20.7. The van der Waals surface area contributed by atoms with Crippen LogP contribution in [0.2, 0.25) is 0 Å². The molecule has 0 unspecified atom stereocenters. The molecule has 0 atom stereocenters. The van der Waals surface area contributed by atoms with Gasteiger partial charge < -0.3 is 10.4 Å². The Balaban J connectivity index is 1.84. The lowest BCUT2D eigenvalue weighted by Gasteiger charge is -2.08. The number of nitrogens with one attached hydrogen (secondary N) is 1. The largest absolute Gasteiger partial charge is 0.478 e. The van der Waals surface area contributed by atoms with Crippen LogP contribution in [-0.4, -0.2) is 32.6 Å². The predicted octanol–water partition coefficient (Wildman–Crippen LogP) is 4.90. The Morgan fingerprint density at radius 2 is 2.00 bits per heavy atom. The molecule has 150 valence electrons. The minimum Gasteiger partial charge on any atom is -0.478 e. The van der Waals surface area contributed by atoms with E-state index in [1.165, 1.54) is 11.3 Å². The molecule has 0 aliphatic rings. The predicted molar refractivity (Wildman–Crippen MR) is 113 cm³/mol. The van der Waals surface area contributed by atoms with Crippen LogP contribution < -0.4 is 5.32 Å². The van der Waals surface area contributed by atoms with E-state index in [-0.39, 0.29) is 5.56 Å². The van der Waals surface area contributed by atoms with Crippen molar-refractivity contribution < 1.29 is 19.6 Å². The minimum atomic E-state index is -1.41. The van der Waals surface area contributed by atoms with Gasteiger partial charge in [-0.2, -0.15) is 0 Å². The summed E-state index contributed by atoms with van der Waals surface area (Å²) in [5, 5.41) is 22.8. The summed E-state index contributed by atoms with van der Waals surface area (Å²) in [5.41, 5.74) is 0.335. The number of carbonyl (C=O) groups is 2. The summed E-state index contributed by atoms with van der Waals surface area (Å²) in [6.07, 6.45) is 0. The zero-order valence-corrected chi connectivity index (χ0v) is 17.2.